The first-order chi connectivity index (χ1) is 12.8. The Morgan fingerprint density at radius 2 is 1.70 bits per heavy atom. The predicted molar refractivity (Wildman–Crippen MR) is 112 cm³/mol. The average Bonchev–Trinajstić information content (AvgIpc) is 2.64. The molecule has 146 valence electrons. The number of unbranched alkanes of at least 4 members (excludes halogenated alkanes) is 1. The smallest absolute Gasteiger partial charge is 0.245 e. The minimum absolute atomic E-state index is 0.257. The van der Waals surface area contributed by atoms with Gasteiger partial charge in [-0.15, -0.1) is 0 Å². The fourth-order valence-electron chi connectivity index (χ4n) is 2.90. The molecule has 2 aromatic carbocycles. The molecule has 2 aromatic rings. The molecule has 0 aliphatic rings. The van der Waals surface area contributed by atoms with Gasteiger partial charge >= 0.3 is 0 Å². The van der Waals surface area contributed by atoms with Gasteiger partial charge in [0.1, 0.15) is 6.54 Å². The Balaban J connectivity index is 2.13. The fraction of sp³-hybridized carbons (Fsp3) is 0.381. The molecule has 0 saturated carbocycles. The average molecular weight is 389 g/mol. The number of benzene rings is 2. The normalized spacial score (nSPS) is 11.2. The van der Waals surface area contributed by atoms with E-state index in [2.05, 4.69) is 12.2 Å². The molecule has 0 aliphatic heterocycles. The third-order valence-corrected chi connectivity index (χ3v) is 5.51. The van der Waals surface area contributed by atoms with Gasteiger partial charge in [-0.2, -0.15) is 0 Å². The first-order valence-corrected chi connectivity index (χ1v) is 11.1. The van der Waals surface area contributed by atoms with Crippen LogP contribution < -0.4 is 9.62 Å². The van der Waals surface area contributed by atoms with Crippen molar-refractivity contribution in [1.82, 2.24) is 0 Å². The van der Waals surface area contributed by atoms with Gasteiger partial charge in [-0.25, -0.2) is 8.42 Å². The Labute approximate surface area is 162 Å². The van der Waals surface area contributed by atoms with Crippen LogP contribution in [0, 0.1) is 0 Å². The lowest BCUT2D eigenvalue weighted by molar-refractivity contribution is -0.114. The second-order valence-corrected chi connectivity index (χ2v) is 8.51. The van der Waals surface area contributed by atoms with Crippen LogP contribution in [0.1, 0.15) is 37.8 Å². The van der Waals surface area contributed by atoms with Crippen molar-refractivity contribution in [3.8, 4) is 0 Å². The molecule has 0 spiro atoms. The second kappa shape index (κ2) is 9.55. The molecule has 0 fully saturated rings. The highest BCUT2D eigenvalue weighted by Crippen LogP contribution is 2.23. The van der Waals surface area contributed by atoms with Crippen molar-refractivity contribution >= 4 is 27.3 Å². The van der Waals surface area contributed by atoms with Crippen LogP contribution in [0.25, 0.3) is 0 Å². The van der Waals surface area contributed by atoms with Gasteiger partial charge < -0.3 is 5.32 Å². The molecular formula is C21H28N2O3S. The van der Waals surface area contributed by atoms with Gasteiger partial charge in [0.2, 0.25) is 15.9 Å². The third-order valence-electron chi connectivity index (χ3n) is 4.39. The number of hydrogen-bond donors (Lipinski definition) is 1. The Bertz CT molecular complexity index is 861. The first kappa shape index (κ1) is 21.0. The van der Waals surface area contributed by atoms with Crippen molar-refractivity contribution in [2.75, 3.05) is 22.4 Å². The Hall–Kier alpha value is -2.34. The zero-order valence-electron chi connectivity index (χ0n) is 16.2. The van der Waals surface area contributed by atoms with E-state index in [1.165, 1.54) is 5.56 Å². The van der Waals surface area contributed by atoms with E-state index < -0.39 is 10.0 Å². The van der Waals surface area contributed by atoms with E-state index in [4.69, 9.17) is 0 Å². The predicted octanol–water partition coefficient (Wildman–Crippen LogP) is 4.00. The van der Waals surface area contributed by atoms with E-state index in [1.807, 2.05) is 43.3 Å². The summed E-state index contributed by atoms with van der Waals surface area (Å²) in [5, 5.41) is 2.79. The van der Waals surface area contributed by atoms with E-state index in [0.717, 1.165) is 35.4 Å². The molecule has 1 N–H and O–H groups in total. The van der Waals surface area contributed by atoms with E-state index in [9.17, 15) is 13.2 Å². The number of nitrogens with zero attached hydrogens (tertiary/aromatic N) is 1. The van der Waals surface area contributed by atoms with Gasteiger partial charge in [0.15, 0.2) is 0 Å². The molecule has 0 aromatic heterocycles. The van der Waals surface area contributed by atoms with Crippen LogP contribution in [0.5, 0.6) is 0 Å². The van der Waals surface area contributed by atoms with Gasteiger partial charge in [-0.05, 0) is 48.6 Å². The second-order valence-electron chi connectivity index (χ2n) is 6.60. The fourth-order valence-corrected chi connectivity index (χ4v) is 3.79. The molecule has 0 aliphatic carbocycles. The summed E-state index contributed by atoms with van der Waals surface area (Å²) in [5.74, 6) is -0.368. The number of carbonyl (C=O) groups excluding carboxylic acids is 1. The Kier molecular flexibility index (Phi) is 7.42. The molecular weight excluding hydrogens is 360 g/mol. The maximum absolute atomic E-state index is 12.5. The summed E-state index contributed by atoms with van der Waals surface area (Å²) >= 11 is 0. The highest BCUT2D eigenvalue weighted by atomic mass is 32.2. The number of sulfonamides is 1. The van der Waals surface area contributed by atoms with Crippen LogP contribution in [-0.2, 0) is 27.7 Å². The number of rotatable bonds is 9. The summed E-state index contributed by atoms with van der Waals surface area (Å²) in [4.78, 5) is 12.5. The van der Waals surface area contributed by atoms with Crippen LogP contribution in [-0.4, -0.2) is 27.1 Å². The number of hydrogen-bond acceptors (Lipinski definition) is 3. The summed E-state index contributed by atoms with van der Waals surface area (Å²) < 4.78 is 25.7. The highest BCUT2D eigenvalue weighted by Gasteiger charge is 2.22. The van der Waals surface area contributed by atoms with Crippen molar-refractivity contribution in [3.05, 3.63) is 59.7 Å². The van der Waals surface area contributed by atoms with Gasteiger partial charge in [0.25, 0.3) is 0 Å². The molecule has 0 atom stereocenters. The molecule has 0 heterocycles. The van der Waals surface area contributed by atoms with Crippen molar-refractivity contribution in [2.45, 2.75) is 39.5 Å². The highest BCUT2D eigenvalue weighted by molar-refractivity contribution is 7.92. The molecule has 27 heavy (non-hydrogen) atoms. The number of aryl methyl sites for hydroxylation is 2. The van der Waals surface area contributed by atoms with E-state index >= 15 is 0 Å². The van der Waals surface area contributed by atoms with Crippen LogP contribution in [0.15, 0.2) is 48.5 Å². The van der Waals surface area contributed by atoms with E-state index in [-0.39, 0.29) is 12.5 Å². The monoisotopic (exact) mass is 388 g/mol. The lowest BCUT2D eigenvalue weighted by Crippen LogP contribution is -2.38. The van der Waals surface area contributed by atoms with Crippen molar-refractivity contribution in [3.63, 3.8) is 0 Å². The summed E-state index contributed by atoms with van der Waals surface area (Å²) in [6.07, 6.45) is 5.09. The molecule has 6 heteroatoms. The van der Waals surface area contributed by atoms with Crippen LogP contribution >= 0.6 is 0 Å². The topological polar surface area (TPSA) is 66.5 Å². The SMILES string of the molecule is CCCCc1ccc(NC(=O)CN(c2ccccc2CC)S(C)(=O)=O)cc1. The molecule has 2 rings (SSSR count). The zero-order valence-corrected chi connectivity index (χ0v) is 17.1. The first-order valence-electron chi connectivity index (χ1n) is 9.29. The Morgan fingerprint density at radius 1 is 1.04 bits per heavy atom. The van der Waals surface area contributed by atoms with Crippen LogP contribution in [0.4, 0.5) is 11.4 Å². The van der Waals surface area contributed by atoms with Crippen molar-refractivity contribution in [1.29, 1.82) is 0 Å². The van der Waals surface area contributed by atoms with Crippen molar-refractivity contribution < 1.29 is 13.2 Å². The quantitative estimate of drug-likeness (QED) is 0.706. The van der Waals surface area contributed by atoms with Crippen LogP contribution in [0.3, 0.4) is 0 Å². The van der Waals surface area contributed by atoms with E-state index in [1.54, 1.807) is 12.1 Å². The number of para-hydroxylation sites is 1. The zero-order chi connectivity index (χ0) is 19.9. The lowest BCUT2D eigenvalue weighted by atomic mass is 10.1. The minimum atomic E-state index is -3.58. The largest absolute Gasteiger partial charge is 0.325 e. The van der Waals surface area contributed by atoms with Gasteiger partial charge in [0.05, 0.1) is 11.9 Å². The molecule has 5 nitrogen and oxygen atoms in total. The van der Waals surface area contributed by atoms with Crippen LogP contribution in [0.2, 0.25) is 0 Å². The summed E-state index contributed by atoms with van der Waals surface area (Å²) in [7, 11) is -3.58. The van der Waals surface area contributed by atoms with Gasteiger partial charge in [0, 0.05) is 5.69 Å². The molecule has 0 saturated heterocycles. The maximum Gasteiger partial charge on any atom is 0.245 e. The number of nitrogens with one attached hydrogen (secondary N) is 1. The van der Waals surface area contributed by atoms with Gasteiger partial charge in [-0.1, -0.05) is 50.6 Å². The number of carbonyl (C=O) groups is 1. The standard InChI is InChI=1S/C21H28N2O3S/c1-4-6-9-17-12-14-19(15-13-17)22-21(24)16-23(27(3,25)26)20-11-8-7-10-18(20)5-2/h7-8,10-15H,4-6,9,16H2,1-3H3,(H,22,24). The molecule has 1 amide bonds. The summed E-state index contributed by atoms with van der Waals surface area (Å²) in [6.45, 7) is 3.85. The summed E-state index contributed by atoms with van der Waals surface area (Å²) in [6, 6.07) is 14.9. The number of amides is 1. The molecule has 0 bridgehead atoms. The van der Waals surface area contributed by atoms with Crippen molar-refractivity contribution in [2.24, 2.45) is 0 Å². The maximum atomic E-state index is 12.5. The summed E-state index contributed by atoms with van der Waals surface area (Å²) in [5.41, 5.74) is 3.32. The van der Waals surface area contributed by atoms with Gasteiger partial charge in [-0.3, -0.25) is 9.10 Å². The lowest BCUT2D eigenvalue weighted by Gasteiger charge is -2.24. The molecule has 0 radical (unpaired) electrons. The third kappa shape index (κ3) is 6.10. The van der Waals surface area contributed by atoms with E-state index in [0.29, 0.717) is 17.8 Å². The number of anilines is 2. The Morgan fingerprint density at radius 3 is 2.30 bits per heavy atom. The molecule has 0 unspecified atom stereocenters. The minimum Gasteiger partial charge on any atom is -0.325 e.